The van der Waals surface area contributed by atoms with Gasteiger partial charge in [-0.05, 0) is 35.7 Å². The van der Waals surface area contributed by atoms with E-state index in [1.807, 2.05) is 0 Å². The Labute approximate surface area is 151 Å². The van der Waals surface area contributed by atoms with E-state index in [0.717, 1.165) is 6.26 Å². The Morgan fingerprint density at radius 2 is 1.85 bits per heavy atom. The molecule has 1 heterocycles. The molecule has 136 valence electrons. The fraction of sp³-hybridized carbons (Fsp3) is 0.211. The molecule has 1 aliphatic rings. The average molecular weight is 375 g/mol. The van der Waals surface area contributed by atoms with Crippen LogP contribution in [0.4, 0.5) is 4.39 Å². The molecule has 5 nitrogen and oxygen atoms in total. The molecule has 2 N–H and O–H groups in total. The van der Waals surface area contributed by atoms with Crippen LogP contribution >= 0.6 is 0 Å². The topological polar surface area (TPSA) is 86.5 Å². The predicted molar refractivity (Wildman–Crippen MR) is 96.4 cm³/mol. The molecule has 0 radical (unpaired) electrons. The van der Waals surface area contributed by atoms with E-state index in [0.29, 0.717) is 27.8 Å². The van der Waals surface area contributed by atoms with Gasteiger partial charge in [-0.15, -0.1) is 0 Å². The number of aryl methyl sites for hydroxylation is 1. The minimum absolute atomic E-state index is 0.0477. The first-order valence-corrected chi connectivity index (χ1v) is 9.81. The normalized spacial score (nSPS) is 14.7. The van der Waals surface area contributed by atoms with Gasteiger partial charge in [0.05, 0.1) is 10.5 Å². The Balaban J connectivity index is 2.14. The molecule has 2 aromatic carbocycles. The van der Waals surface area contributed by atoms with Crippen molar-refractivity contribution < 1.29 is 22.3 Å². The Hall–Kier alpha value is -2.51. The molecule has 26 heavy (non-hydrogen) atoms. The molecule has 0 bridgehead atoms. The van der Waals surface area contributed by atoms with Gasteiger partial charge in [0.2, 0.25) is 0 Å². The van der Waals surface area contributed by atoms with Crippen LogP contribution in [0, 0.1) is 12.7 Å². The van der Waals surface area contributed by atoms with E-state index in [1.165, 1.54) is 12.1 Å². The van der Waals surface area contributed by atoms with Crippen molar-refractivity contribution >= 4 is 27.0 Å². The summed E-state index contributed by atoms with van der Waals surface area (Å²) in [7, 11) is -3.34. The summed E-state index contributed by atoms with van der Waals surface area (Å²) in [5.74, 6) is -1.02. The van der Waals surface area contributed by atoms with Gasteiger partial charge in [0.25, 0.3) is 0 Å². The molecule has 2 aromatic rings. The Morgan fingerprint density at radius 3 is 2.42 bits per heavy atom. The number of hydrogen-bond acceptors (Lipinski definition) is 5. The highest BCUT2D eigenvalue weighted by Gasteiger charge is 2.28. The van der Waals surface area contributed by atoms with E-state index in [4.69, 9.17) is 10.5 Å². The van der Waals surface area contributed by atoms with Gasteiger partial charge in [0.15, 0.2) is 9.84 Å². The zero-order valence-corrected chi connectivity index (χ0v) is 15.2. The van der Waals surface area contributed by atoms with E-state index in [-0.39, 0.29) is 23.6 Å². The van der Waals surface area contributed by atoms with Gasteiger partial charge >= 0.3 is 5.97 Å². The minimum atomic E-state index is -3.34. The van der Waals surface area contributed by atoms with Crippen LogP contribution in [-0.4, -0.2) is 27.2 Å². The van der Waals surface area contributed by atoms with Gasteiger partial charge in [-0.25, -0.2) is 17.6 Å². The third-order valence-electron chi connectivity index (χ3n) is 4.34. The summed E-state index contributed by atoms with van der Waals surface area (Å²) < 4.78 is 42.8. The highest BCUT2D eigenvalue weighted by molar-refractivity contribution is 7.90. The van der Waals surface area contributed by atoms with Crippen LogP contribution in [0.3, 0.4) is 0 Å². The summed E-state index contributed by atoms with van der Waals surface area (Å²) in [6.45, 7) is 1.80. The highest BCUT2D eigenvalue weighted by Crippen LogP contribution is 2.34. The maximum absolute atomic E-state index is 14.1. The molecule has 0 atom stereocenters. The van der Waals surface area contributed by atoms with Crippen molar-refractivity contribution in [3.63, 3.8) is 0 Å². The third kappa shape index (κ3) is 3.27. The fourth-order valence-corrected chi connectivity index (χ4v) is 4.01. The molecule has 7 heteroatoms. The van der Waals surface area contributed by atoms with Crippen molar-refractivity contribution in [2.24, 2.45) is 5.73 Å². The average Bonchev–Trinajstić information content (AvgIpc) is 2.95. The second-order valence-corrected chi connectivity index (χ2v) is 8.18. The fourth-order valence-electron chi connectivity index (χ4n) is 3.05. The molecular weight excluding hydrogens is 357 g/mol. The van der Waals surface area contributed by atoms with Crippen molar-refractivity contribution in [1.82, 2.24) is 0 Å². The van der Waals surface area contributed by atoms with Crippen LogP contribution in [-0.2, 0) is 25.9 Å². The van der Waals surface area contributed by atoms with Crippen LogP contribution < -0.4 is 5.73 Å². The molecule has 0 aliphatic carbocycles. The van der Waals surface area contributed by atoms with Gasteiger partial charge in [-0.1, -0.05) is 24.3 Å². The molecule has 0 aromatic heterocycles. The van der Waals surface area contributed by atoms with Crippen molar-refractivity contribution in [3.8, 4) is 0 Å². The number of benzene rings is 2. The van der Waals surface area contributed by atoms with Crippen molar-refractivity contribution in [2.75, 3.05) is 12.9 Å². The number of nitrogens with two attached hydrogens (primary N) is 1. The van der Waals surface area contributed by atoms with Crippen LogP contribution in [0.2, 0.25) is 0 Å². The number of sulfone groups is 1. The van der Waals surface area contributed by atoms with Crippen molar-refractivity contribution in [3.05, 3.63) is 64.5 Å². The van der Waals surface area contributed by atoms with Gasteiger partial charge < -0.3 is 10.5 Å². The lowest BCUT2D eigenvalue weighted by molar-refractivity contribution is -0.133. The smallest absolute Gasteiger partial charge is 0.339 e. The lowest BCUT2D eigenvalue weighted by atomic mass is 9.95. The maximum atomic E-state index is 14.1. The number of rotatable bonds is 4. The summed E-state index contributed by atoms with van der Waals surface area (Å²) in [6, 6.07) is 9.26. The second-order valence-electron chi connectivity index (χ2n) is 6.19. The summed E-state index contributed by atoms with van der Waals surface area (Å²) in [6.07, 6.45) is 1.14. The first kappa shape index (κ1) is 18.3. The standard InChI is InChI=1S/C19H18FNO4S/c1-11-7-12(5-6-17(11)26(2,23)24)15-10-25-19(22)18(15)13-3-4-14(9-21)16(20)8-13/h3-8H,9-10,21H2,1-2H3. The van der Waals surface area contributed by atoms with Gasteiger partial charge in [-0.2, -0.15) is 0 Å². The summed E-state index contributed by atoms with van der Waals surface area (Å²) in [5, 5.41) is 0. The highest BCUT2D eigenvalue weighted by atomic mass is 32.2. The zero-order valence-electron chi connectivity index (χ0n) is 14.4. The number of halogens is 1. The number of ether oxygens (including phenoxy) is 1. The van der Waals surface area contributed by atoms with Crippen LogP contribution in [0.1, 0.15) is 22.3 Å². The SMILES string of the molecule is Cc1cc(C2=C(c3ccc(CN)c(F)c3)C(=O)OC2)ccc1S(C)(=O)=O. The van der Waals surface area contributed by atoms with Gasteiger partial charge in [-0.3, -0.25) is 0 Å². The van der Waals surface area contributed by atoms with Crippen LogP contribution in [0.25, 0.3) is 11.1 Å². The van der Waals surface area contributed by atoms with E-state index >= 15 is 0 Å². The minimum Gasteiger partial charge on any atom is -0.457 e. The number of hydrogen-bond donors (Lipinski definition) is 1. The van der Waals surface area contributed by atoms with Crippen LogP contribution in [0.5, 0.6) is 0 Å². The molecule has 3 rings (SSSR count). The number of esters is 1. The van der Waals surface area contributed by atoms with Crippen molar-refractivity contribution in [2.45, 2.75) is 18.4 Å². The Bertz CT molecular complexity index is 1040. The predicted octanol–water partition coefficient (Wildman–Crippen LogP) is 2.46. The first-order chi connectivity index (χ1) is 12.2. The van der Waals surface area contributed by atoms with Gasteiger partial charge in [0.1, 0.15) is 12.4 Å². The monoisotopic (exact) mass is 375 g/mol. The first-order valence-electron chi connectivity index (χ1n) is 7.92. The molecule has 0 amide bonds. The van der Waals surface area contributed by atoms with E-state index < -0.39 is 21.6 Å². The van der Waals surface area contributed by atoms with E-state index in [1.54, 1.807) is 31.2 Å². The maximum Gasteiger partial charge on any atom is 0.339 e. The molecule has 0 unspecified atom stereocenters. The molecule has 0 saturated heterocycles. The summed E-state index contributed by atoms with van der Waals surface area (Å²) in [4.78, 5) is 12.4. The molecule has 0 saturated carbocycles. The lowest BCUT2D eigenvalue weighted by Crippen LogP contribution is -2.03. The van der Waals surface area contributed by atoms with E-state index in [9.17, 15) is 17.6 Å². The Morgan fingerprint density at radius 1 is 1.15 bits per heavy atom. The number of cyclic esters (lactones) is 1. The number of carbonyl (C=O) groups excluding carboxylic acids is 1. The largest absolute Gasteiger partial charge is 0.457 e. The van der Waals surface area contributed by atoms with Gasteiger partial charge in [0, 0.05) is 23.9 Å². The quantitative estimate of drug-likeness (QED) is 0.830. The van der Waals surface area contributed by atoms with Crippen LogP contribution in [0.15, 0.2) is 41.3 Å². The second kappa shape index (κ2) is 6.66. The third-order valence-corrected chi connectivity index (χ3v) is 5.60. The van der Waals surface area contributed by atoms with Crippen molar-refractivity contribution in [1.29, 1.82) is 0 Å². The molecule has 0 fully saturated rings. The number of carbonyl (C=O) groups is 1. The Kier molecular flexibility index (Phi) is 4.68. The zero-order chi connectivity index (χ0) is 19.1. The molecule has 0 spiro atoms. The molecular formula is C19H18FNO4S. The van der Waals surface area contributed by atoms with E-state index in [2.05, 4.69) is 0 Å². The summed E-state index contributed by atoms with van der Waals surface area (Å²) >= 11 is 0. The summed E-state index contributed by atoms with van der Waals surface area (Å²) in [5.41, 5.74) is 8.34. The molecule has 1 aliphatic heterocycles. The lowest BCUT2D eigenvalue weighted by Gasteiger charge is -2.09.